The van der Waals surface area contributed by atoms with E-state index in [0.717, 1.165) is 40.1 Å². The van der Waals surface area contributed by atoms with Crippen LogP contribution in [0.5, 0.6) is 5.75 Å². The van der Waals surface area contributed by atoms with Gasteiger partial charge < -0.3 is 15.0 Å². The van der Waals surface area contributed by atoms with E-state index in [1.807, 2.05) is 72.6 Å². The summed E-state index contributed by atoms with van der Waals surface area (Å²) in [6.45, 7) is 3.50. The van der Waals surface area contributed by atoms with Crippen LogP contribution in [0.3, 0.4) is 0 Å². The third kappa shape index (κ3) is 4.57. The minimum atomic E-state index is -0.465. The minimum Gasteiger partial charge on any atom is -0.480 e. The molecule has 0 spiro atoms. The SMILES string of the molecule is Cc1ncc2c(c1CNC(=O)/C=C/c1ccccc1)CCN(C(=O)[C@@H]1Cc3ccccc3O1)C2. The number of fused-ring (bicyclic) bond motifs is 2. The first-order valence-electron chi connectivity index (χ1n) is 11.6. The van der Waals surface area contributed by atoms with Gasteiger partial charge in [-0.25, -0.2) is 0 Å². The molecule has 0 fully saturated rings. The van der Waals surface area contributed by atoms with Crippen LogP contribution in [-0.2, 0) is 35.5 Å². The van der Waals surface area contributed by atoms with Crippen LogP contribution in [0.15, 0.2) is 66.9 Å². The number of pyridine rings is 1. The molecule has 6 heteroatoms. The first-order valence-corrected chi connectivity index (χ1v) is 11.6. The molecule has 2 aliphatic heterocycles. The van der Waals surface area contributed by atoms with Crippen LogP contribution < -0.4 is 10.1 Å². The fraction of sp³-hybridized carbons (Fsp3) is 0.250. The lowest BCUT2D eigenvalue weighted by Gasteiger charge is -2.32. The Kier molecular flexibility index (Phi) is 6.12. The van der Waals surface area contributed by atoms with E-state index in [9.17, 15) is 9.59 Å². The van der Waals surface area contributed by atoms with Gasteiger partial charge in [0.2, 0.25) is 5.91 Å². The number of carbonyl (C=O) groups is 2. The molecule has 6 nitrogen and oxygen atoms in total. The van der Waals surface area contributed by atoms with Crippen LogP contribution in [0, 0.1) is 6.92 Å². The number of aromatic nitrogens is 1. The minimum absolute atomic E-state index is 0.0170. The lowest BCUT2D eigenvalue weighted by molar-refractivity contribution is -0.138. The molecule has 0 bridgehead atoms. The number of para-hydroxylation sites is 1. The molecule has 1 atom stereocenters. The van der Waals surface area contributed by atoms with Crippen molar-refractivity contribution < 1.29 is 14.3 Å². The molecule has 34 heavy (non-hydrogen) atoms. The van der Waals surface area contributed by atoms with Gasteiger partial charge in [-0.1, -0.05) is 48.5 Å². The van der Waals surface area contributed by atoms with Gasteiger partial charge in [-0.05, 0) is 53.3 Å². The number of rotatable bonds is 5. The fourth-order valence-electron chi connectivity index (χ4n) is 4.64. The summed E-state index contributed by atoms with van der Waals surface area (Å²) in [5.41, 5.74) is 6.21. The predicted octanol–water partition coefficient (Wildman–Crippen LogP) is 3.61. The highest BCUT2D eigenvalue weighted by Crippen LogP contribution is 2.30. The number of nitrogens with one attached hydrogen (secondary N) is 1. The molecule has 1 N–H and O–H groups in total. The Morgan fingerprint density at radius 1 is 1.12 bits per heavy atom. The average molecular weight is 454 g/mol. The fourth-order valence-corrected chi connectivity index (χ4v) is 4.64. The van der Waals surface area contributed by atoms with E-state index in [1.54, 1.807) is 12.2 Å². The van der Waals surface area contributed by atoms with Crippen molar-refractivity contribution in [1.82, 2.24) is 15.2 Å². The van der Waals surface area contributed by atoms with Crippen LogP contribution >= 0.6 is 0 Å². The number of hydrogen-bond acceptors (Lipinski definition) is 4. The maximum atomic E-state index is 13.2. The van der Waals surface area contributed by atoms with E-state index in [1.165, 1.54) is 5.56 Å². The maximum Gasteiger partial charge on any atom is 0.264 e. The second-order valence-corrected chi connectivity index (χ2v) is 8.72. The summed E-state index contributed by atoms with van der Waals surface area (Å²) in [6.07, 6.45) is 6.08. The lowest BCUT2D eigenvalue weighted by atomic mass is 9.94. The van der Waals surface area contributed by atoms with Gasteiger partial charge in [0.1, 0.15) is 5.75 Å². The first kappa shape index (κ1) is 21.9. The number of nitrogens with zero attached hydrogens (tertiary/aromatic N) is 2. The zero-order chi connectivity index (χ0) is 23.5. The number of ether oxygens (including phenoxy) is 1. The van der Waals surface area contributed by atoms with Gasteiger partial charge >= 0.3 is 0 Å². The van der Waals surface area contributed by atoms with Crippen molar-refractivity contribution in [1.29, 1.82) is 0 Å². The topological polar surface area (TPSA) is 71.5 Å². The van der Waals surface area contributed by atoms with E-state index in [-0.39, 0.29) is 11.8 Å². The summed E-state index contributed by atoms with van der Waals surface area (Å²) in [5, 5.41) is 2.98. The highest BCUT2D eigenvalue weighted by Gasteiger charge is 2.34. The Labute approximate surface area is 199 Å². The van der Waals surface area contributed by atoms with Gasteiger partial charge in [0.05, 0.1) is 0 Å². The summed E-state index contributed by atoms with van der Waals surface area (Å²) in [4.78, 5) is 31.9. The molecule has 2 amide bonds. The molecule has 0 saturated heterocycles. The molecule has 2 aliphatic rings. The molecule has 2 aromatic carbocycles. The number of aryl methyl sites for hydroxylation is 1. The van der Waals surface area contributed by atoms with Crippen molar-refractivity contribution in [2.45, 2.75) is 39.0 Å². The van der Waals surface area contributed by atoms with Crippen LogP contribution in [0.2, 0.25) is 0 Å². The molecule has 1 aromatic heterocycles. The third-order valence-corrected chi connectivity index (χ3v) is 6.50. The molecule has 0 aliphatic carbocycles. The second-order valence-electron chi connectivity index (χ2n) is 8.72. The van der Waals surface area contributed by atoms with Crippen molar-refractivity contribution in [2.24, 2.45) is 0 Å². The van der Waals surface area contributed by atoms with E-state index in [0.29, 0.717) is 26.1 Å². The molecule has 3 heterocycles. The maximum absolute atomic E-state index is 13.2. The molecular formula is C28H27N3O3. The lowest BCUT2D eigenvalue weighted by Crippen LogP contribution is -2.44. The van der Waals surface area contributed by atoms with Crippen molar-refractivity contribution in [3.63, 3.8) is 0 Å². The van der Waals surface area contributed by atoms with E-state index >= 15 is 0 Å². The Bertz CT molecular complexity index is 1230. The molecular weight excluding hydrogens is 426 g/mol. The number of amides is 2. The highest BCUT2D eigenvalue weighted by atomic mass is 16.5. The van der Waals surface area contributed by atoms with Gasteiger partial charge in [-0.3, -0.25) is 14.6 Å². The summed E-state index contributed by atoms with van der Waals surface area (Å²) in [7, 11) is 0. The molecule has 5 rings (SSSR count). The van der Waals surface area contributed by atoms with Gasteiger partial charge in [0.25, 0.3) is 5.91 Å². The zero-order valence-corrected chi connectivity index (χ0v) is 19.2. The summed E-state index contributed by atoms with van der Waals surface area (Å²) >= 11 is 0. The van der Waals surface area contributed by atoms with Gasteiger partial charge in [0.15, 0.2) is 6.10 Å². The summed E-state index contributed by atoms with van der Waals surface area (Å²) < 4.78 is 5.91. The molecule has 0 saturated carbocycles. The average Bonchev–Trinajstić information content (AvgIpc) is 3.31. The highest BCUT2D eigenvalue weighted by molar-refractivity contribution is 5.91. The summed E-state index contributed by atoms with van der Waals surface area (Å²) in [5.74, 6) is 0.671. The monoisotopic (exact) mass is 453 g/mol. The van der Waals surface area contributed by atoms with Crippen molar-refractivity contribution in [2.75, 3.05) is 6.54 Å². The molecule has 0 unspecified atom stereocenters. The molecule has 0 radical (unpaired) electrons. The Morgan fingerprint density at radius 2 is 1.91 bits per heavy atom. The first-order chi connectivity index (χ1) is 16.6. The van der Waals surface area contributed by atoms with Crippen LogP contribution in [-0.4, -0.2) is 34.3 Å². The Balaban J connectivity index is 1.24. The number of hydrogen-bond donors (Lipinski definition) is 1. The second kappa shape index (κ2) is 9.51. The van der Waals surface area contributed by atoms with Crippen molar-refractivity contribution >= 4 is 17.9 Å². The molecule has 172 valence electrons. The quantitative estimate of drug-likeness (QED) is 0.599. The summed E-state index contributed by atoms with van der Waals surface area (Å²) in [6, 6.07) is 17.5. The van der Waals surface area contributed by atoms with Crippen LogP contribution in [0.1, 0.15) is 33.5 Å². The van der Waals surface area contributed by atoms with Gasteiger partial charge in [-0.15, -0.1) is 0 Å². The van der Waals surface area contributed by atoms with Crippen LogP contribution in [0.25, 0.3) is 6.08 Å². The van der Waals surface area contributed by atoms with Gasteiger partial charge in [-0.2, -0.15) is 0 Å². The van der Waals surface area contributed by atoms with E-state index < -0.39 is 6.10 Å². The largest absolute Gasteiger partial charge is 0.480 e. The van der Waals surface area contributed by atoms with Crippen molar-refractivity contribution in [3.8, 4) is 5.75 Å². The van der Waals surface area contributed by atoms with Crippen LogP contribution in [0.4, 0.5) is 0 Å². The third-order valence-electron chi connectivity index (χ3n) is 6.50. The number of benzene rings is 2. The predicted molar refractivity (Wildman–Crippen MR) is 130 cm³/mol. The van der Waals surface area contributed by atoms with E-state index in [4.69, 9.17) is 4.74 Å². The Morgan fingerprint density at radius 3 is 2.74 bits per heavy atom. The Hall–Kier alpha value is -3.93. The normalized spacial score (nSPS) is 16.6. The van der Waals surface area contributed by atoms with Crippen molar-refractivity contribution in [3.05, 3.63) is 100 Å². The van der Waals surface area contributed by atoms with E-state index in [2.05, 4.69) is 10.3 Å². The van der Waals surface area contributed by atoms with Gasteiger partial charge in [0, 0.05) is 44.0 Å². The standard InChI is InChI=1S/C28H27N3O3/c1-19-24(17-30-27(32)12-11-20-7-3-2-4-8-20)23-13-14-31(18-22(23)16-29-19)28(33)26-15-21-9-5-6-10-25(21)34-26/h2-12,16,26H,13-15,17-18H2,1H3,(H,30,32)/b12-11+/t26-/m0/s1. The smallest absolute Gasteiger partial charge is 0.264 e. The molecule has 3 aromatic rings. The number of carbonyl (C=O) groups excluding carboxylic acids is 2. The zero-order valence-electron chi connectivity index (χ0n) is 19.2.